The molecule has 2 aromatic heterocycles. The van der Waals surface area contributed by atoms with E-state index < -0.39 is 0 Å². The first-order valence-electron chi connectivity index (χ1n) is 4.64. The molecule has 0 aliphatic carbocycles. The van der Waals surface area contributed by atoms with Crippen LogP contribution in [0.4, 0.5) is 5.69 Å². The van der Waals surface area contributed by atoms with Gasteiger partial charge in [-0.3, -0.25) is 15.8 Å². The van der Waals surface area contributed by atoms with Crippen LogP contribution in [0.15, 0.2) is 36.8 Å². The highest BCUT2D eigenvalue weighted by Crippen LogP contribution is 2.19. The molecule has 4 nitrogen and oxygen atoms in total. The van der Waals surface area contributed by atoms with Gasteiger partial charge in [0.1, 0.15) is 0 Å². The average Bonchev–Trinajstić information content (AvgIpc) is 2.29. The van der Waals surface area contributed by atoms with E-state index in [1.54, 1.807) is 12.4 Å². The summed E-state index contributed by atoms with van der Waals surface area (Å²) in [6, 6.07) is 5.73. The van der Waals surface area contributed by atoms with E-state index >= 15 is 0 Å². The first kappa shape index (κ1) is 9.61. The van der Waals surface area contributed by atoms with Crippen LogP contribution in [-0.2, 0) is 0 Å². The van der Waals surface area contributed by atoms with Crippen LogP contribution in [0.1, 0.15) is 5.56 Å². The number of nitrogens with zero attached hydrogens (tertiary/aromatic N) is 2. The first-order valence-corrected chi connectivity index (χ1v) is 4.64. The van der Waals surface area contributed by atoms with Crippen molar-refractivity contribution in [3.05, 3.63) is 42.4 Å². The Balaban J connectivity index is 2.44. The summed E-state index contributed by atoms with van der Waals surface area (Å²) in [6.45, 7) is 2.00. The van der Waals surface area contributed by atoms with Crippen LogP contribution in [0.2, 0.25) is 0 Å². The van der Waals surface area contributed by atoms with Crippen molar-refractivity contribution in [2.45, 2.75) is 6.92 Å². The summed E-state index contributed by atoms with van der Waals surface area (Å²) in [5.74, 6) is 5.33. The van der Waals surface area contributed by atoms with Gasteiger partial charge in [-0.05, 0) is 30.7 Å². The Bertz CT molecular complexity index is 468. The Kier molecular flexibility index (Phi) is 2.60. The zero-order valence-electron chi connectivity index (χ0n) is 8.44. The van der Waals surface area contributed by atoms with Gasteiger partial charge < -0.3 is 5.43 Å². The molecular formula is C11H12N4. The van der Waals surface area contributed by atoms with Gasteiger partial charge in [-0.1, -0.05) is 0 Å². The van der Waals surface area contributed by atoms with Crippen LogP contribution in [0, 0.1) is 6.92 Å². The molecule has 0 radical (unpaired) electrons. The van der Waals surface area contributed by atoms with Crippen molar-refractivity contribution < 1.29 is 0 Å². The third kappa shape index (κ3) is 2.11. The molecule has 0 aliphatic heterocycles. The Morgan fingerprint density at radius 1 is 1.27 bits per heavy atom. The molecule has 0 fully saturated rings. The smallest absolute Gasteiger partial charge is 0.0738 e. The van der Waals surface area contributed by atoms with Gasteiger partial charge in [0.2, 0.25) is 0 Å². The topological polar surface area (TPSA) is 63.8 Å². The Labute approximate surface area is 88.2 Å². The number of hydrazine groups is 1. The number of pyridine rings is 2. The van der Waals surface area contributed by atoms with Crippen LogP contribution >= 0.6 is 0 Å². The summed E-state index contributed by atoms with van der Waals surface area (Å²) in [4.78, 5) is 8.39. The average molecular weight is 200 g/mol. The maximum atomic E-state index is 5.33. The number of rotatable bonds is 2. The number of anilines is 1. The highest BCUT2D eigenvalue weighted by atomic mass is 15.2. The minimum absolute atomic E-state index is 0.835. The molecule has 2 aromatic rings. The molecule has 0 atom stereocenters. The highest BCUT2D eigenvalue weighted by Gasteiger charge is 2.00. The van der Waals surface area contributed by atoms with Gasteiger partial charge in [0.15, 0.2) is 0 Å². The third-order valence-corrected chi connectivity index (χ3v) is 2.10. The lowest BCUT2D eigenvalue weighted by Gasteiger charge is -2.04. The molecule has 4 heteroatoms. The normalized spacial score (nSPS) is 10.0. The lowest BCUT2D eigenvalue weighted by atomic mass is 10.1. The number of aromatic nitrogens is 2. The summed E-state index contributed by atoms with van der Waals surface area (Å²) in [7, 11) is 0. The van der Waals surface area contributed by atoms with Crippen molar-refractivity contribution >= 4 is 5.69 Å². The Hall–Kier alpha value is -1.94. The number of nitrogen functional groups attached to an aromatic ring is 1. The standard InChI is InChI=1S/C11H12N4/c1-8-4-9(7-13-6-8)11-5-10(15-12)2-3-14-11/h2-7H,12H2,1H3,(H,14,15). The van der Waals surface area contributed by atoms with Crippen LogP contribution < -0.4 is 11.3 Å². The summed E-state index contributed by atoms with van der Waals surface area (Å²) in [6.07, 6.45) is 5.32. The fourth-order valence-electron chi connectivity index (χ4n) is 1.37. The zero-order valence-corrected chi connectivity index (χ0v) is 8.44. The largest absolute Gasteiger partial charge is 0.324 e. The Morgan fingerprint density at radius 3 is 2.87 bits per heavy atom. The lowest BCUT2D eigenvalue weighted by molar-refractivity contribution is 1.23. The van der Waals surface area contributed by atoms with Crippen molar-refractivity contribution in [2.24, 2.45) is 5.84 Å². The van der Waals surface area contributed by atoms with E-state index in [-0.39, 0.29) is 0 Å². The maximum Gasteiger partial charge on any atom is 0.0738 e. The van der Waals surface area contributed by atoms with Crippen molar-refractivity contribution in [3.8, 4) is 11.3 Å². The highest BCUT2D eigenvalue weighted by molar-refractivity contribution is 5.63. The molecule has 0 saturated carbocycles. The second kappa shape index (κ2) is 4.06. The minimum atomic E-state index is 0.835. The van der Waals surface area contributed by atoms with Gasteiger partial charge in [0, 0.05) is 24.2 Å². The van der Waals surface area contributed by atoms with Gasteiger partial charge >= 0.3 is 0 Å². The van der Waals surface area contributed by atoms with Gasteiger partial charge in [-0.2, -0.15) is 0 Å². The molecular weight excluding hydrogens is 188 g/mol. The summed E-state index contributed by atoms with van der Waals surface area (Å²) >= 11 is 0. The predicted octanol–water partition coefficient (Wildman–Crippen LogP) is 1.74. The van der Waals surface area contributed by atoms with Crippen molar-refractivity contribution in [2.75, 3.05) is 5.43 Å². The third-order valence-electron chi connectivity index (χ3n) is 2.10. The van der Waals surface area contributed by atoms with Crippen LogP contribution in [-0.4, -0.2) is 9.97 Å². The van der Waals surface area contributed by atoms with E-state index in [1.165, 1.54) is 0 Å². The fourth-order valence-corrected chi connectivity index (χ4v) is 1.37. The van der Waals surface area contributed by atoms with Crippen LogP contribution in [0.5, 0.6) is 0 Å². The number of aryl methyl sites for hydroxylation is 1. The molecule has 3 N–H and O–H groups in total. The van der Waals surface area contributed by atoms with E-state index in [0.717, 1.165) is 22.5 Å². The van der Waals surface area contributed by atoms with E-state index in [0.29, 0.717) is 0 Å². The second-order valence-corrected chi connectivity index (χ2v) is 3.33. The SMILES string of the molecule is Cc1cncc(-c2cc(NN)ccn2)c1. The maximum absolute atomic E-state index is 5.33. The lowest BCUT2D eigenvalue weighted by Crippen LogP contribution is -2.06. The van der Waals surface area contributed by atoms with E-state index in [2.05, 4.69) is 15.4 Å². The summed E-state index contributed by atoms with van der Waals surface area (Å²) in [5, 5.41) is 0. The van der Waals surface area contributed by atoms with Gasteiger partial charge in [-0.25, -0.2) is 0 Å². The quantitative estimate of drug-likeness (QED) is 0.572. The Morgan fingerprint density at radius 2 is 2.13 bits per heavy atom. The molecule has 0 unspecified atom stereocenters. The monoisotopic (exact) mass is 200 g/mol. The number of nitrogens with two attached hydrogens (primary N) is 1. The fraction of sp³-hybridized carbons (Fsp3) is 0.0909. The molecule has 0 saturated heterocycles. The van der Waals surface area contributed by atoms with Gasteiger partial charge in [-0.15, -0.1) is 0 Å². The molecule has 0 aromatic carbocycles. The van der Waals surface area contributed by atoms with Gasteiger partial charge in [0.05, 0.1) is 11.4 Å². The predicted molar refractivity (Wildman–Crippen MR) is 60.0 cm³/mol. The van der Waals surface area contributed by atoms with Crippen molar-refractivity contribution in [3.63, 3.8) is 0 Å². The molecule has 0 spiro atoms. The molecule has 2 heterocycles. The number of hydrogen-bond acceptors (Lipinski definition) is 4. The molecule has 76 valence electrons. The molecule has 0 bridgehead atoms. The van der Waals surface area contributed by atoms with Crippen molar-refractivity contribution in [1.82, 2.24) is 9.97 Å². The second-order valence-electron chi connectivity index (χ2n) is 3.33. The first-order chi connectivity index (χ1) is 7.29. The molecule has 2 rings (SSSR count). The molecule has 0 amide bonds. The summed E-state index contributed by atoms with van der Waals surface area (Å²) < 4.78 is 0. The van der Waals surface area contributed by atoms with E-state index in [9.17, 15) is 0 Å². The number of nitrogens with one attached hydrogen (secondary N) is 1. The zero-order chi connectivity index (χ0) is 10.7. The van der Waals surface area contributed by atoms with E-state index in [1.807, 2.05) is 31.3 Å². The molecule has 0 aliphatic rings. The minimum Gasteiger partial charge on any atom is -0.324 e. The van der Waals surface area contributed by atoms with Crippen LogP contribution in [0.25, 0.3) is 11.3 Å². The van der Waals surface area contributed by atoms with Crippen LogP contribution in [0.3, 0.4) is 0 Å². The van der Waals surface area contributed by atoms with Gasteiger partial charge in [0.25, 0.3) is 0 Å². The van der Waals surface area contributed by atoms with Crippen molar-refractivity contribution in [1.29, 1.82) is 0 Å². The molecule has 15 heavy (non-hydrogen) atoms. The summed E-state index contributed by atoms with van der Waals surface area (Å²) in [5.41, 5.74) is 6.39. The number of hydrogen-bond donors (Lipinski definition) is 2. The van der Waals surface area contributed by atoms with E-state index in [4.69, 9.17) is 5.84 Å².